The first-order chi connectivity index (χ1) is 8.11. The van der Waals surface area contributed by atoms with Gasteiger partial charge in [-0.25, -0.2) is 9.97 Å². The molecule has 1 aromatic rings. The lowest BCUT2D eigenvalue weighted by Gasteiger charge is -2.01. The first-order valence-corrected chi connectivity index (χ1v) is 6.20. The van der Waals surface area contributed by atoms with Gasteiger partial charge in [-0.1, -0.05) is 11.8 Å². The van der Waals surface area contributed by atoms with Crippen molar-refractivity contribution in [2.75, 3.05) is 12.4 Å². The van der Waals surface area contributed by atoms with Gasteiger partial charge in [-0.05, 0) is 19.9 Å². The lowest BCUT2D eigenvalue weighted by molar-refractivity contribution is -0.145. The molecule has 0 fully saturated rings. The number of esters is 1. The van der Waals surface area contributed by atoms with Gasteiger partial charge < -0.3 is 4.74 Å². The summed E-state index contributed by atoms with van der Waals surface area (Å²) in [5, 5.41) is 0.544. The Morgan fingerprint density at radius 2 is 2.24 bits per heavy atom. The van der Waals surface area contributed by atoms with Crippen LogP contribution < -0.4 is 0 Å². The van der Waals surface area contributed by atoms with E-state index in [0.717, 1.165) is 5.69 Å². The second-order valence-corrected chi connectivity index (χ2v) is 4.23. The quantitative estimate of drug-likeness (QED) is 0.331. The topological polar surface area (TPSA) is 69.2 Å². The van der Waals surface area contributed by atoms with Gasteiger partial charge in [0.25, 0.3) is 0 Å². The van der Waals surface area contributed by atoms with Gasteiger partial charge in [-0.3, -0.25) is 9.59 Å². The van der Waals surface area contributed by atoms with Crippen LogP contribution in [0.3, 0.4) is 0 Å². The van der Waals surface area contributed by atoms with E-state index in [-0.39, 0.29) is 18.0 Å². The number of carbonyl (C=O) groups is 2. The van der Waals surface area contributed by atoms with Crippen molar-refractivity contribution in [1.29, 1.82) is 0 Å². The van der Waals surface area contributed by atoms with E-state index in [2.05, 4.69) is 14.7 Å². The molecule has 0 aliphatic heterocycles. The molecule has 0 bridgehead atoms. The van der Waals surface area contributed by atoms with Gasteiger partial charge >= 0.3 is 5.97 Å². The summed E-state index contributed by atoms with van der Waals surface area (Å²) in [5.41, 5.74) is 0.848. The molecule has 1 aromatic heterocycles. The number of ketones is 1. The highest BCUT2D eigenvalue weighted by molar-refractivity contribution is 7.99. The van der Waals surface area contributed by atoms with Crippen LogP contribution in [-0.4, -0.2) is 34.1 Å². The van der Waals surface area contributed by atoms with Crippen LogP contribution in [-0.2, 0) is 14.3 Å². The summed E-state index contributed by atoms with van der Waals surface area (Å²) in [7, 11) is 0. The summed E-state index contributed by atoms with van der Waals surface area (Å²) in [4.78, 5) is 30.6. The molecule has 1 heterocycles. The molecule has 6 heteroatoms. The smallest absolute Gasteiger partial charge is 0.313 e. The van der Waals surface area contributed by atoms with Crippen LogP contribution >= 0.6 is 11.8 Å². The van der Waals surface area contributed by atoms with Crippen molar-refractivity contribution in [1.82, 2.24) is 9.97 Å². The number of rotatable bonds is 6. The average molecular weight is 254 g/mol. The summed E-state index contributed by atoms with van der Waals surface area (Å²) in [5.74, 6) is -0.482. The Balaban J connectivity index is 2.35. The van der Waals surface area contributed by atoms with Gasteiger partial charge in [-0.2, -0.15) is 0 Å². The lowest BCUT2D eigenvalue weighted by Crippen LogP contribution is -2.12. The Morgan fingerprint density at radius 1 is 1.47 bits per heavy atom. The number of nitrogens with zero attached hydrogens (tertiary/aromatic N) is 2. The fourth-order valence-electron chi connectivity index (χ4n) is 1.06. The van der Waals surface area contributed by atoms with Gasteiger partial charge in [0.2, 0.25) is 0 Å². The summed E-state index contributed by atoms with van der Waals surface area (Å²) < 4.78 is 4.68. The highest BCUT2D eigenvalue weighted by Crippen LogP contribution is 2.12. The average Bonchev–Trinajstić information content (AvgIpc) is 2.27. The van der Waals surface area contributed by atoms with Crippen LogP contribution in [0.4, 0.5) is 0 Å². The number of hydrogen-bond donors (Lipinski definition) is 0. The maximum Gasteiger partial charge on any atom is 0.313 e. The SMILES string of the molecule is CCOC(=O)CC(=O)CSc1nccc(C)n1. The summed E-state index contributed by atoms with van der Waals surface area (Å²) in [6, 6.07) is 1.78. The number of ether oxygens (including phenoxy) is 1. The number of Topliss-reactive ketones (excluding diaryl/α,β-unsaturated/α-hetero) is 1. The van der Waals surface area contributed by atoms with E-state index in [1.54, 1.807) is 19.2 Å². The number of thioether (sulfide) groups is 1. The van der Waals surface area contributed by atoms with Gasteiger partial charge in [0.05, 0.1) is 12.4 Å². The summed E-state index contributed by atoms with van der Waals surface area (Å²) in [6.45, 7) is 3.85. The molecule has 0 atom stereocenters. The minimum atomic E-state index is -0.483. The van der Waals surface area contributed by atoms with E-state index in [4.69, 9.17) is 0 Å². The predicted molar refractivity (Wildman–Crippen MR) is 63.8 cm³/mol. The largest absolute Gasteiger partial charge is 0.466 e. The van der Waals surface area contributed by atoms with Crippen LogP contribution in [0.25, 0.3) is 0 Å². The number of carbonyl (C=O) groups excluding carboxylic acids is 2. The van der Waals surface area contributed by atoms with Crippen LogP contribution in [0.1, 0.15) is 19.0 Å². The maximum atomic E-state index is 11.4. The highest BCUT2D eigenvalue weighted by Gasteiger charge is 2.11. The zero-order valence-electron chi connectivity index (χ0n) is 9.80. The van der Waals surface area contributed by atoms with Gasteiger partial charge in [0, 0.05) is 11.9 Å². The third-order valence-electron chi connectivity index (χ3n) is 1.78. The molecule has 17 heavy (non-hydrogen) atoms. The fraction of sp³-hybridized carbons (Fsp3) is 0.455. The molecule has 0 saturated carbocycles. The predicted octanol–water partition coefficient (Wildman–Crippen LogP) is 1.40. The Labute approximate surface area is 104 Å². The number of aryl methyl sites for hydroxylation is 1. The molecule has 0 N–H and O–H groups in total. The monoisotopic (exact) mass is 254 g/mol. The van der Waals surface area contributed by atoms with Crippen LogP contribution in [0, 0.1) is 6.92 Å². The first-order valence-electron chi connectivity index (χ1n) is 5.21. The van der Waals surface area contributed by atoms with Crippen molar-refractivity contribution in [2.45, 2.75) is 25.4 Å². The number of hydrogen-bond acceptors (Lipinski definition) is 6. The third kappa shape index (κ3) is 5.44. The van der Waals surface area contributed by atoms with E-state index < -0.39 is 5.97 Å². The standard InChI is InChI=1S/C11H14N2O3S/c1-3-16-10(15)6-9(14)7-17-11-12-5-4-8(2)13-11/h4-5H,3,6-7H2,1-2H3. The van der Waals surface area contributed by atoms with Crippen molar-refractivity contribution in [2.24, 2.45) is 0 Å². The molecular formula is C11H14N2O3S. The molecule has 92 valence electrons. The molecule has 5 nitrogen and oxygen atoms in total. The van der Waals surface area contributed by atoms with Crippen LogP contribution in [0.15, 0.2) is 17.4 Å². The molecule has 0 amide bonds. The van der Waals surface area contributed by atoms with E-state index in [0.29, 0.717) is 11.8 Å². The Hall–Kier alpha value is -1.43. The second kappa shape index (κ2) is 7.01. The zero-order chi connectivity index (χ0) is 12.7. The van der Waals surface area contributed by atoms with Crippen molar-refractivity contribution in [3.63, 3.8) is 0 Å². The maximum absolute atomic E-state index is 11.4. The van der Waals surface area contributed by atoms with Crippen molar-refractivity contribution >= 4 is 23.5 Å². The second-order valence-electron chi connectivity index (χ2n) is 3.29. The van der Waals surface area contributed by atoms with Crippen molar-refractivity contribution in [3.8, 4) is 0 Å². The Morgan fingerprint density at radius 3 is 2.88 bits per heavy atom. The van der Waals surface area contributed by atoms with E-state index in [1.807, 2.05) is 6.92 Å². The minimum absolute atomic E-state index is 0.182. The van der Waals surface area contributed by atoms with Gasteiger partial charge in [0.15, 0.2) is 10.9 Å². The molecule has 0 spiro atoms. The van der Waals surface area contributed by atoms with Crippen LogP contribution in [0.5, 0.6) is 0 Å². The summed E-state index contributed by atoms with van der Waals surface area (Å²) in [6.07, 6.45) is 1.45. The van der Waals surface area contributed by atoms with Gasteiger partial charge in [0.1, 0.15) is 6.42 Å². The molecule has 0 radical (unpaired) electrons. The van der Waals surface area contributed by atoms with Crippen LogP contribution in [0.2, 0.25) is 0 Å². The van der Waals surface area contributed by atoms with E-state index >= 15 is 0 Å². The molecule has 1 rings (SSSR count). The van der Waals surface area contributed by atoms with Crippen molar-refractivity contribution < 1.29 is 14.3 Å². The molecule has 0 saturated heterocycles. The molecule has 0 aromatic carbocycles. The van der Waals surface area contributed by atoms with E-state index in [1.165, 1.54) is 11.8 Å². The fourth-order valence-corrected chi connectivity index (χ4v) is 1.80. The third-order valence-corrected chi connectivity index (χ3v) is 2.70. The molecule has 0 aliphatic rings. The highest BCUT2D eigenvalue weighted by atomic mass is 32.2. The minimum Gasteiger partial charge on any atom is -0.466 e. The Bertz CT molecular complexity index is 409. The zero-order valence-corrected chi connectivity index (χ0v) is 10.6. The normalized spacial score (nSPS) is 10.0. The van der Waals surface area contributed by atoms with Crippen molar-refractivity contribution in [3.05, 3.63) is 18.0 Å². The lowest BCUT2D eigenvalue weighted by atomic mass is 10.3. The Kier molecular flexibility index (Phi) is 5.62. The molecule has 0 aliphatic carbocycles. The first kappa shape index (κ1) is 13.6. The summed E-state index contributed by atoms with van der Waals surface area (Å²) >= 11 is 1.22. The molecular weight excluding hydrogens is 240 g/mol. The van der Waals surface area contributed by atoms with E-state index in [9.17, 15) is 9.59 Å². The van der Waals surface area contributed by atoms with Gasteiger partial charge in [-0.15, -0.1) is 0 Å². The molecule has 0 unspecified atom stereocenters. The number of aromatic nitrogens is 2.